The summed E-state index contributed by atoms with van der Waals surface area (Å²) in [6.45, 7) is 3.10. The molecule has 20 heavy (non-hydrogen) atoms. The number of hydrogen-bond donors (Lipinski definition) is 2. The Morgan fingerprint density at radius 3 is 2.40 bits per heavy atom. The van der Waals surface area contributed by atoms with E-state index in [9.17, 15) is 9.59 Å². The fourth-order valence-corrected chi connectivity index (χ4v) is 1.80. The van der Waals surface area contributed by atoms with E-state index in [2.05, 4.69) is 0 Å². The van der Waals surface area contributed by atoms with Gasteiger partial charge in [-0.3, -0.25) is 14.5 Å². The van der Waals surface area contributed by atoms with E-state index >= 15 is 0 Å². The molecule has 4 N–H and O–H groups in total. The molecule has 0 aliphatic carbocycles. The monoisotopic (exact) mass is 278 g/mol. The van der Waals surface area contributed by atoms with E-state index in [0.29, 0.717) is 18.8 Å². The maximum absolute atomic E-state index is 11.9. The highest BCUT2D eigenvalue weighted by molar-refractivity contribution is 5.80. The lowest BCUT2D eigenvalue weighted by Crippen LogP contribution is -2.41. The van der Waals surface area contributed by atoms with Gasteiger partial charge in [0.1, 0.15) is 0 Å². The second-order valence-electron chi connectivity index (χ2n) is 4.72. The third kappa shape index (κ3) is 4.89. The van der Waals surface area contributed by atoms with Crippen molar-refractivity contribution in [2.45, 2.75) is 13.5 Å². The second-order valence-corrected chi connectivity index (χ2v) is 4.72. The number of primary amides is 1. The highest BCUT2D eigenvalue weighted by Gasteiger charge is 2.16. The molecule has 0 aromatic heterocycles. The lowest BCUT2D eigenvalue weighted by molar-refractivity contribution is -0.131. The van der Waals surface area contributed by atoms with Gasteiger partial charge in [-0.05, 0) is 18.6 Å². The number of nitrogen functional groups attached to an aromatic ring is 1. The molecule has 0 bridgehead atoms. The van der Waals surface area contributed by atoms with Crippen LogP contribution in [0.3, 0.4) is 0 Å². The fraction of sp³-hybridized carbons (Fsp3) is 0.429. The van der Waals surface area contributed by atoms with Gasteiger partial charge < -0.3 is 16.4 Å². The minimum Gasteiger partial charge on any atom is -0.398 e. The lowest BCUT2D eigenvalue weighted by Gasteiger charge is -2.24. The van der Waals surface area contributed by atoms with Crippen molar-refractivity contribution in [3.05, 3.63) is 29.8 Å². The average molecular weight is 278 g/mol. The van der Waals surface area contributed by atoms with Crippen LogP contribution in [0.4, 0.5) is 5.69 Å². The van der Waals surface area contributed by atoms with Crippen molar-refractivity contribution < 1.29 is 9.59 Å². The molecule has 6 heteroatoms. The van der Waals surface area contributed by atoms with E-state index < -0.39 is 5.91 Å². The van der Waals surface area contributed by atoms with E-state index in [4.69, 9.17) is 11.5 Å². The summed E-state index contributed by atoms with van der Waals surface area (Å²) >= 11 is 0. The van der Waals surface area contributed by atoms with Crippen molar-refractivity contribution in [3.63, 3.8) is 0 Å². The highest BCUT2D eigenvalue weighted by atomic mass is 16.2. The van der Waals surface area contributed by atoms with Gasteiger partial charge in [0.2, 0.25) is 11.8 Å². The maximum Gasteiger partial charge on any atom is 0.236 e. The zero-order chi connectivity index (χ0) is 15.1. The van der Waals surface area contributed by atoms with Crippen LogP contribution in [0.5, 0.6) is 0 Å². The number of nitrogens with two attached hydrogens (primary N) is 2. The van der Waals surface area contributed by atoms with Crippen LogP contribution in [0.15, 0.2) is 24.3 Å². The molecule has 0 heterocycles. The van der Waals surface area contributed by atoms with Crippen molar-refractivity contribution in [1.82, 2.24) is 9.80 Å². The van der Waals surface area contributed by atoms with Crippen LogP contribution in [-0.2, 0) is 16.1 Å². The number of benzene rings is 1. The number of carbonyl (C=O) groups is 2. The number of amides is 2. The van der Waals surface area contributed by atoms with Gasteiger partial charge in [-0.15, -0.1) is 0 Å². The van der Waals surface area contributed by atoms with E-state index in [-0.39, 0.29) is 19.0 Å². The SMILES string of the molecule is CCN(C)C(=O)CN(CC(N)=O)Cc1ccccc1N. The Labute approximate surface area is 119 Å². The van der Waals surface area contributed by atoms with Crippen LogP contribution in [0.1, 0.15) is 12.5 Å². The molecule has 0 fully saturated rings. The molecule has 0 spiro atoms. The van der Waals surface area contributed by atoms with Crippen LogP contribution >= 0.6 is 0 Å². The molecule has 0 unspecified atom stereocenters. The van der Waals surface area contributed by atoms with Gasteiger partial charge in [0, 0.05) is 25.8 Å². The Balaban J connectivity index is 2.77. The third-order valence-electron chi connectivity index (χ3n) is 3.09. The Morgan fingerprint density at radius 2 is 1.85 bits per heavy atom. The summed E-state index contributed by atoms with van der Waals surface area (Å²) in [5, 5.41) is 0. The minimum absolute atomic E-state index is 0.0254. The molecule has 0 aliphatic heterocycles. The molecule has 0 saturated heterocycles. The molecule has 6 nitrogen and oxygen atoms in total. The van der Waals surface area contributed by atoms with Gasteiger partial charge in [-0.25, -0.2) is 0 Å². The van der Waals surface area contributed by atoms with Crippen LogP contribution in [0, 0.1) is 0 Å². The summed E-state index contributed by atoms with van der Waals surface area (Å²) in [6, 6.07) is 7.37. The Morgan fingerprint density at radius 1 is 1.20 bits per heavy atom. The topological polar surface area (TPSA) is 92.7 Å². The normalized spacial score (nSPS) is 10.6. The van der Waals surface area contributed by atoms with Crippen molar-refractivity contribution in [2.75, 3.05) is 32.4 Å². The van der Waals surface area contributed by atoms with Crippen LogP contribution < -0.4 is 11.5 Å². The minimum atomic E-state index is -0.466. The molecule has 0 atom stereocenters. The number of para-hydroxylation sites is 1. The van der Waals surface area contributed by atoms with Gasteiger partial charge in [-0.2, -0.15) is 0 Å². The van der Waals surface area contributed by atoms with Crippen molar-refractivity contribution >= 4 is 17.5 Å². The zero-order valence-electron chi connectivity index (χ0n) is 12.0. The predicted octanol–water partition coefficient (Wildman–Crippen LogP) is 0.0344. The molecule has 1 aromatic rings. The van der Waals surface area contributed by atoms with Crippen molar-refractivity contribution in [1.29, 1.82) is 0 Å². The predicted molar refractivity (Wildman–Crippen MR) is 78.6 cm³/mol. The third-order valence-corrected chi connectivity index (χ3v) is 3.09. The number of nitrogens with zero attached hydrogens (tertiary/aromatic N) is 2. The number of carbonyl (C=O) groups excluding carboxylic acids is 2. The van der Waals surface area contributed by atoms with Gasteiger partial charge in [0.05, 0.1) is 13.1 Å². The highest BCUT2D eigenvalue weighted by Crippen LogP contribution is 2.13. The largest absolute Gasteiger partial charge is 0.398 e. The molecule has 1 aromatic carbocycles. The van der Waals surface area contributed by atoms with Gasteiger partial charge in [0.15, 0.2) is 0 Å². The molecule has 0 radical (unpaired) electrons. The summed E-state index contributed by atoms with van der Waals surface area (Å²) in [6.07, 6.45) is 0. The van der Waals surface area contributed by atoms with E-state index in [1.54, 1.807) is 22.9 Å². The first-order valence-corrected chi connectivity index (χ1v) is 6.52. The summed E-state index contributed by atoms with van der Waals surface area (Å²) in [7, 11) is 1.72. The average Bonchev–Trinajstić information content (AvgIpc) is 2.39. The van der Waals surface area contributed by atoms with Crippen LogP contribution in [0.25, 0.3) is 0 Å². The summed E-state index contributed by atoms with van der Waals surface area (Å²) < 4.78 is 0. The van der Waals surface area contributed by atoms with Crippen LogP contribution in [-0.4, -0.2) is 48.3 Å². The second kappa shape index (κ2) is 7.49. The van der Waals surface area contributed by atoms with Gasteiger partial charge in [-0.1, -0.05) is 18.2 Å². The van der Waals surface area contributed by atoms with Crippen LogP contribution in [0.2, 0.25) is 0 Å². The van der Waals surface area contributed by atoms with E-state index in [1.165, 1.54) is 0 Å². The maximum atomic E-state index is 11.9. The van der Waals surface area contributed by atoms with Crippen molar-refractivity contribution in [2.24, 2.45) is 5.73 Å². The zero-order valence-corrected chi connectivity index (χ0v) is 12.0. The van der Waals surface area contributed by atoms with Crippen molar-refractivity contribution in [3.8, 4) is 0 Å². The number of anilines is 1. The fourth-order valence-electron chi connectivity index (χ4n) is 1.80. The molecule has 0 aliphatic rings. The molecular formula is C14H22N4O2. The standard InChI is InChI=1S/C14H22N4O2/c1-3-17(2)14(20)10-18(9-13(16)19)8-11-6-4-5-7-12(11)15/h4-7H,3,8-10,15H2,1-2H3,(H2,16,19). The summed E-state index contributed by atoms with van der Waals surface area (Å²) in [5.74, 6) is -0.519. The smallest absolute Gasteiger partial charge is 0.236 e. The van der Waals surface area contributed by atoms with Gasteiger partial charge in [0.25, 0.3) is 0 Å². The molecule has 2 amide bonds. The first-order valence-electron chi connectivity index (χ1n) is 6.52. The lowest BCUT2D eigenvalue weighted by atomic mass is 10.1. The first kappa shape index (κ1) is 16.0. The number of likely N-dealkylation sites (N-methyl/N-ethyl adjacent to an activating group) is 1. The quantitative estimate of drug-likeness (QED) is 0.688. The Hall–Kier alpha value is -2.08. The first-order chi connectivity index (χ1) is 9.43. The Kier molecular flexibility index (Phi) is 5.99. The van der Waals surface area contributed by atoms with Gasteiger partial charge >= 0.3 is 0 Å². The van der Waals surface area contributed by atoms with E-state index in [1.807, 2.05) is 25.1 Å². The number of rotatable bonds is 7. The molecule has 110 valence electrons. The summed E-state index contributed by atoms with van der Waals surface area (Å²) in [5.41, 5.74) is 12.6. The summed E-state index contributed by atoms with van der Waals surface area (Å²) in [4.78, 5) is 26.4. The van der Waals surface area contributed by atoms with E-state index in [0.717, 1.165) is 5.56 Å². The molecular weight excluding hydrogens is 256 g/mol. The molecule has 0 saturated carbocycles. The Bertz CT molecular complexity index is 476. The number of hydrogen-bond acceptors (Lipinski definition) is 4. The molecule has 1 rings (SSSR count).